The highest BCUT2D eigenvalue weighted by Crippen LogP contribution is 2.25. The van der Waals surface area contributed by atoms with E-state index in [0.717, 1.165) is 40.4 Å². The van der Waals surface area contributed by atoms with Gasteiger partial charge in [0, 0.05) is 23.9 Å². The second-order valence-electron chi connectivity index (χ2n) is 7.34. The average molecular weight is 412 g/mol. The lowest BCUT2D eigenvalue weighted by atomic mass is 10.1. The molecule has 1 heterocycles. The van der Waals surface area contributed by atoms with Gasteiger partial charge in [0.05, 0.1) is 12.2 Å². The number of benzene rings is 3. The molecule has 0 aliphatic heterocycles. The Morgan fingerprint density at radius 1 is 0.935 bits per heavy atom. The Bertz CT molecular complexity index is 1130. The van der Waals surface area contributed by atoms with E-state index < -0.39 is 0 Å². The summed E-state index contributed by atoms with van der Waals surface area (Å²) in [4.78, 5) is 11.8. The number of aromatic nitrogens is 2. The van der Waals surface area contributed by atoms with Crippen molar-refractivity contribution in [2.75, 3.05) is 5.32 Å². The van der Waals surface area contributed by atoms with Gasteiger partial charge in [0.15, 0.2) is 0 Å². The van der Waals surface area contributed by atoms with Gasteiger partial charge in [0.2, 0.25) is 5.91 Å². The number of para-hydroxylation sites is 1. The monoisotopic (exact) mass is 411 g/mol. The number of amides is 1. The minimum Gasteiger partial charge on any atom is -0.457 e. The van der Waals surface area contributed by atoms with E-state index in [1.54, 1.807) is 0 Å². The molecule has 0 bridgehead atoms. The molecule has 5 nitrogen and oxygen atoms in total. The zero-order chi connectivity index (χ0) is 21.5. The van der Waals surface area contributed by atoms with Crippen molar-refractivity contribution in [2.24, 2.45) is 0 Å². The number of nitrogens with one attached hydrogen (secondary N) is 1. The molecule has 0 saturated heterocycles. The van der Waals surface area contributed by atoms with Crippen LogP contribution in [0.15, 0.2) is 91.1 Å². The summed E-state index contributed by atoms with van der Waals surface area (Å²) in [5.74, 6) is 1.64. The van der Waals surface area contributed by atoms with Crippen LogP contribution in [0, 0.1) is 0 Å². The maximum atomic E-state index is 11.8. The lowest BCUT2D eigenvalue weighted by Gasteiger charge is -2.08. The number of hydrogen-bond acceptors (Lipinski definition) is 3. The Morgan fingerprint density at radius 3 is 2.48 bits per heavy atom. The molecule has 4 aromatic rings. The zero-order valence-corrected chi connectivity index (χ0v) is 17.5. The van der Waals surface area contributed by atoms with E-state index >= 15 is 0 Å². The van der Waals surface area contributed by atoms with Crippen molar-refractivity contribution in [1.82, 2.24) is 9.78 Å². The highest BCUT2D eigenvalue weighted by molar-refractivity contribution is 5.90. The molecule has 0 fully saturated rings. The molecule has 0 atom stereocenters. The largest absolute Gasteiger partial charge is 0.457 e. The number of ether oxygens (including phenoxy) is 1. The molecule has 0 saturated carbocycles. The fourth-order valence-electron chi connectivity index (χ4n) is 3.31. The Kier molecular flexibility index (Phi) is 6.43. The standard InChI is InChI=1S/C26H25N3O2/c1-2-7-26(30)27-22-9-6-8-20(18-22)19-29-17-16-25(28-29)21-12-14-24(15-13-21)31-23-10-4-3-5-11-23/h3-6,8-18H,2,7,19H2,1H3,(H,27,30). The number of carbonyl (C=O) groups is 1. The summed E-state index contributed by atoms with van der Waals surface area (Å²) < 4.78 is 7.75. The van der Waals surface area contributed by atoms with Gasteiger partial charge in [-0.2, -0.15) is 5.10 Å². The van der Waals surface area contributed by atoms with Crippen LogP contribution in [0.25, 0.3) is 11.3 Å². The minimum atomic E-state index is 0.0423. The molecule has 1 N–H and O–H groups in total. The van der Waals surface area contributed by atoms with Crippen molar-refractivity contribution < 1.29 is 9.53 Å². The summed E-state index contributed by atoms with van der Waals surface area (Å²) in [6.45, 7) is 2.63. The van der Waals surface area contributed by atoms with Crippen LogP contribution < -0.4 is 10.1 Å². The van der Waals surface area contributed by atoms with Crippen LogP contribution in [0.2, 0.25) is 0 Å². The predicted molar refractivity (Wildman–Crippen MR) is 123 cm³/mol. The zero-order valence-electron chi connectivity index (χ0n) is 17.5. The van der Waals surface area contributed by atoms with E-state index in [1.807, 2.05) is 103 Å². The second-order valence-corrected chi connectivity index (χ2v) is 7.34. The normalized spacial score (nSPS) is 10.6. The third kappa shape index (κ3) is 5.60. The quantitative estimate of drug-likeness (QED) is 0.379. The molecular formula is C26H25N3O2. The van der Waals surface area contributed by atoms with Crippen molar-refractivity contribution >= 4 is 11.6 Å². The number of rotatable bonds is 8. The van der Waals surface area contributed by atoms with Gasteiger partial charge in [-0.3, -0.25) is 9.48 Å². The predicted octanol–water partition coefficient (Wildman–Crippen LogP) is 6.13. The molecule has 0 aliphatic carbocycles. The van der Waals surface area contributed by atoms with Gasteiger partial charge in [0.25, 0.3) is 0 Å². The van der Waals surface area contributed by atoms with Crippen LogP contribution in [0.3, 0.4) is 0 Å². The topological polar surface area (TPSA) is 56.2 Å². The molecule has 3 aromatic carbocycles. The Labute approximate surface area is 182 Å². The molecule has 4 rings (SSSR count). The summed E-state index contributed by atoms with van der Waals surface area (Å²) in [7, 11) is 0. The van der Waals surface area contributed by atoms with E-state index in [1.165, 1.54) is 0 Å². The molecule has 1 amide bonds. The Hall–Kier alpha value is -3.86. The molecular weight excluding hydrogens is 386 g/mol. The van der Waals surface area contributed by atoms with Crippen molar-refractivity contribution in [3.8, 4) is 22.8 Å². The lowest BCUT2D eigenvalue weighted by molar-refractivity contribution is -0.116. The second kappa shape index (κ2) is 9.76. The third-order valence-corrected chi connectivity index (χ3v) is 4.80. The molecule has 5 heteroatoms. The highest BCUT2D eigenvalue weighted by atomic mass is 16.5. The van der Waals surface area contributed by atoms with Crippen molar-refractivity contribution in [3.63, 3.8) is 0 Å². The fourth-order valence-corrected chi connectivity index (χ4v) is 3.31. The smallest absolute Gasteiger partial charge is 0.224 e. The highest BCUT2D eigenvalue weighted by Gasteiger charge is 2.06. The van der Waals surface area contributed by atoms with Gasteiger partial charge in [-0.05, 0) is 66.6 Å². The van der Waals surface area contributed by atoms with E-state index in [4.69, 9.17) is 9.84 Å². The first-order valence-electron chi connectivity index (χ1n) is 10.5. The summed E-state index contributed by atoms with van der Waals surface area (Å²) in [5, 5.41) is 7.64. The van der Waals surface area contributed by atoms with Gasteiger partial charge in [-0.25, -0.2) is 0 Å². The first-order chi connectivity index (χ1) is 15.2. The molecule has 0 radical (unpaired) electrons. The van der Waals surface area contributed by atoms with Crippen LogP contribution >= 0.6 is 0 Å². The molecule has 0 aliphatic rings. The maximum Gasteiger partial charge on any atom is 0.224 e. The van der Waals surface area contributed by atoms with Crippen LogP contribution in [0.4, 0.5) is 5.69 Å². The summed E-state index contributed by atoms with van der Waals surface area (Å²) in [5.41, 5.74) is 3.83. The van der Waals surface area contributed by atoms with Gasteiger partial charge < -0.3 is 10.1 Å². The van der Waals surface area contributed by atoms with E-state index in [-0.39, 0.29) is 5.91 Å². The van der Waals surface area contributed by atoms with Crippen LogP contribution in [-0.4, -0.2) is 15.7 Å². The van der Waals surface area contributed by atoms with Gasteiger partial charge in [-0.15, -0.1) is 0 Å². The summed E-state index contributed by atoms with van der Waals surface area (Å²) in [6, 6.07) is 27.5. The van der Waals surface area contributed by atoms with Gasteiger partial charge in [0.1, 0.15) is 11.5 Å². The minimum absolute atomic E-state index is 0.0423. The first-order valence-corrected chi connectivity index (χ1v) is 10.5. The number of anilines is 1. The molecule has 31 heavy (non-hydrogen) atoms. The van der Waals surface area contributed by atoms with Crippen molar-refractivity contribution in [1.29, 1.82) is 0 Å². The van der Waals surface area contributed by atoms with Crippen molar-refractivity contribution in [3.05, 3.63) is 96.7 Å². The Balaban J connectivity index is 1.41. The van der Waals surface area contributed by atoms with Crippen LogP contribution in [0.5, 0.6) is 11.5 Å². The lowest BCUT2D eigenvalue weighted by Crippen LogP contribution is -2.11. The third-order valence-electron chi connectivity index (χ3n) is 4.80. The van der Waals surface area contributed by atoms with Crippen LogP contribution in [-0.2, 0) is 11.3 Å². The van der Waals surface area contributed by atoms with Gasteiger partial charge in [-0.1, -0.05) is 37.3 Å². The number of hydrogen-bond donors (Lipinski definition) is 1. The molecule has 0 unspecified atom stereocenters. The van der Waals surface area contributed by atoms with E-state index in [2.05, 4.69) is 5.32 Å². The molecule has 0 spiro atoms. The Morgan fingerprint density at radius 2 is 1.71 bits per heavy atom. The van der Waals surface area contributed by atoms with Crippen molar-refractivity contribution in [2.45, 2.75) is 26.3 Å². The first kappa shape index (κ1) is 20.4. The SMILES string of the molecule is CCCC(=O)Nc1cccc(Cn2ccc(-c3ccc(Oc4ccccc4)cc3)n2)c1. The van der Waals surface area contributed by atoms with E-state index in [0.29, 0.717) is 13.0 Å². The fraction of sp³-hybridized carbons (Fsp3) is 0.154. The maximum absolute atomic E-state index is 11.8. The molecule has 156 valence electrons. The summed E-state index contributed by atoms with van der Waals surface area (Å²) in [6.07, 6.45) is 3.33. The summed E-state index contributed by atoms with van der Waals surface area (Å²) >= 11 is 0. The number of carbonyl (C=O) groups excluding carboxylic acids is 1. The van der Waals surface area contributed by atoms with E-state index in [9.17, 15) is 4.79 Å². The molecule has 1 aromatic heterocycles. The van der Waals surface area contributed by atoms with Crippen LogP contribution in [0.1, 0.15) is 25.3 Å². The average Bonchev–Trinajstić information content (AvgIpc) is 3.24. The number of nitrogens with zero attached hydrogens (tertiary/aromatic N) is 2. The van der Waals surface area contributed by atoms with Gasteiger partial charge >= 0.3 is 0 Å².